The number of carbonyl (C=O) groups is 2. The van der Waals surface area contributed by atoms with Gasteiger partial charge in [0.1, 0.15) is 5.56 Å². The molecule has 1 atom stereocenters. The number of rotatable bonds is 7. The zero-order valence-corrected chi connectivity index (χ0v) is 15.5. The fourth-order valence-electron chi connectivity index (χ4n) is 2.73. The lowest BCUT2D eigenvalue weighted by Crippen LogP contribution is -2.32. The maximum atomic E-state index is 12.2. The molecule has 142 valence electrons. The Kier molecular flexibility index (Phi) is 6.65. The summed E-state index contributed by atoms with van der Waals surface area (Å²) < 4.78 is 4.98. The molecule has 1 amide bonds. The monoisotopic (exact) mass is 370 g/mol. The molecule has 0 fully saturated rings. The number of nitro groups is 1. The number of ether oxygens (including phenoxy) is 1. The highest BCUT2D eigenvalue weighted by atomic mass is 16.6. The number of nitro benzene ring substituents is 1. The van der Waals surface area contributed by atoms with Gasteiger partial charge in [0.15, 0.2) is 6.61 Å². The molecular formula is C20H22N2O5. The van der Waals surface area contributed by atoms with Crippen LogP contribution in [0.4, 0.5) is 5.69 Å². The third-order valence-electron chi connectivity index (χ3n) is 4.20. The number of carbonyl (C=O) groups excluding carboxylic acids is 2. The minimum Gasteiger partial charge on any atom is -0.452 e. The summed E-state index contributed by atoms with van der Waals surface area (Å²) in [4.78, 5) is 34.9. The number of para-hydroxylation sites is 1. The van der Waals surface area contributed by atoms with Gasteiger partial charge in [-0.3, -0.25) is 14.9 Å². The van der Waals surface area contributed by atoms with Crippen molar-refractivity contribution < 1.29 is 19.2 Å². The van der Waals surface area contributed by atoms with Crippen molar-refractivity contribution in [3.8, 4) is 0 Å². The minimum absolute atomic E-state index is 0.168. The van der Waals surface area contributed by atoms with Gasteiger partial charge in [0.2, 0.25) is 0 Å². The molecule has 2 aromatic rings. The van der Waals surface area contributed by atoms with Crippen LogP contribution in [0.25, 0.3) is 0 Å². The van der Waals surface area contributed by atoms with E-state index < -0.39 is 23.4 Å². The summed E-state index contributed by atoms with van der Waals surface area (Å²) in [5.74, 6) is -1.37. The molecule has 0 spiro atoms. The fourth-order valence-corrected chi connectivity index (χ4v) is 2.73. The Morgan fingerprint density at radius 1 is 1.15 bits per heavy atom. The molecule has 0 bridgehead atoms. The highest BCUT2D eigenvalue weighted by molar-refractivity contribution is 5.95. The maximum absolute atomic E-state index is 12.2. The summed E-state index contributed by atoms with van der Waals surface area (Å²) >= 11 is 0. The molecule has 0 radical (unpaired) electrons. The van der Waals surface area contributed by atoms with E-state index in [1.807, 2.05) is 38.1 Å². The third-order valence-corrected chi connectivity index (χ3v) is 4.20. The number of nitrogens with one attached hydrogen (secondary N) is 1. The molecule has 2 aromatic carbocycles. The van der Waals surface area contributed by atoms with Crippen LogP contribution in [-0.2, 0) is 9.53 Å². The second kappa shape index (κ2) is 8.93. The van der Waals surface area contributed by atoms with Gasteiger partial charge < -0.3 is 10.1 Å². The second-order valence-corrected chi connectivity index (χ2v) is 6.24. The average Bonchev–Trinajstić information content (AvgIpc) is 2.64. The molecule has 0 unspecified atom stereocenters. The highest BCUT2D eigenvalue weighted by Gasteiger charge is 2.24. The van der Waals surface area contributed by atoms with Crippen LogP contribution in [0.5, 0.6) is 0 Å². The van der Waals surface area contributed by atoms with Crippen molar-refractivity contribution in [3.05, 3.63) is 74.8 Å². The Labute approximate surface area is 157 Å². The van der Waals surface area contributed by atoms with Gasteiger partial charge in [-0.2, -0.15) is 0 Å². The van der Waals surface area contributed by atoms with Crippen molar-refractivity contribution in [1.29, 1.82) is 0 Å². The molecule has 7 nitrogen and oxygen atoms in total. The molecule has 0 heterocycles. The van der Waals surface area contributed by atoms with E-state index in [0.29, 0.717) is 12.0 Å². The summed E-state index contributed by atoms with van der Waals surface area (Å²) in [5, 5.41) is 14.0. The Morgan fingerprint density at radius 2 is 1.81 bits per heavy atom. The summed E-state index contributed by atoms with van der Waals surface area (Å²) in [6.07, 6.45) is 0.673. The molecule has 0 saturated heterocycles. The zero-order chi connectivity index (χ0) is 20.0. The minimum atomic E-state index is -0.899. The van der Waals surface area contributed by atoms with Crippen LogP contribution in [0, 0.1) is 24.0 Å². The molecule has 1 N–H and O–H groups in total. The Morgan fingerprint density at radius 3 is 2.41 bits per heavy atom. The van der Waals surface area contributed by atoms with E-state index in [4.69, 9.17) is 4.74 Å². The number of hydrogen-bond acceptors (Lipinski definition) is 5. The van der Waals surface area contributed by atoms with E-state index in [2.05, 4.69) is 5.32 Å². The number of esters is 1. The van der Waals surface area contributed by atoms with Gasteiger partial charge in [0.25, 0.3) is 11.6 Å². The predicted octanol–water partition coefficient (Wildman–Crippen LogP) is 3.64. The molecule has 0 aliphatic heterocycles. The van der Waals surface area contributed by atoms with Gasteiger partial charge in [-0.05, 0) is 31.9 Å². The van der Waals surface area contributed by atoms with Gasteiger partial charge in [-0.1, -0.05) is 48.9 Å². The van der Waals surface area contributed by atoms with Crippen molar-refractivity contribution >= 4 is 17.6 Å². The van der Waals surface area contributed by atoms with E-state index in [1.165, 1.54) is 25.1 Å². The van der Waals surface area contributed by atoms with E-state index in [1.54, 1.807) is 0 Å². The molecule has 2 rings (SSSR count). The molecule has 0 aliphatic rings. The summed E-state index contributed by atoms with van der Waals surface area (Å²) in [7, 11) is 0. The normalized spacial score (nSPS) is 11.5. The van der Waals surface area contributed by atoms with E-state index in [9.17, 15) is 19.7 Å². The lowest BCUT2D eigenvalue weighted by molar-refractivity contribution is -0.385. The van der Waals surface area contributed by atoms with Gasteiger partial charge in [0, 0.05) is 5.56 Å². The summed E-state index contributed by atoms with van der Waals surface area (Å²) in [6, 6.07) is 12.0. The van der Waals surface area contributed by atoms with Crippen molar-refractivity contribution in [2.75, 3.05) is 6.61 Å². The molecule has 0 aromatic heterocycles. The van der Waals surface area contributed by atoms with Gasteiger partial charge >= 0.3 is 5.97 Å². The van der Waals surface area contributed by atoms with E-state index >= 15 is 0 Å². The first-order chi connectivity index (χ1) is 12.8. The van der Waals surface area contributed by atoms with Crippen LogP contribution >= 0.6 is 0 Å². The Bertz CT molecular complexity index is 846. The first kappa shape index (κ1) is 20.1. The van der Waals surface area contributed by atoms with E-state index in [-0.39, 0.29) is 17.3 Å². The lowest BCUT2D eigenvalue weighted by Gasteiger charge is -2.17. The Hall–Kier alpha value is -3.22. The number of aryl methyl sites for hydroxylation is 2. The van der Waals surface area contributed by atoms with Crippen LogP contribution < -0.4 is 5.32 Å². The molecular weight excluding hydrogens is 348 g/mol. The quantitative estimate of drug-likeness (QED) is 0.456. The number of benzene rings is 2. The Balaban J connectivity index is 2.01. The largest absolute Gasteiger partial charge is 0.452 e. The number of nitrogens with zero attached hydrogens (tertiary/aromatic N) is 1. The van der Waals surface area contributed by atoms with Gasteiger partial charge in [-0.15, -0.1) is 0 Å². The van der Waals surface area contributed by atoms with Crippen molar-refractivity contribution in [1.82, 2.24) is 5.32 Å². The molecule has 7 heteroatoms. The van der Waals surface area contributed by atoms with Crippen LogP contribution in [0.3, 0.4) is 0 Å². The van der Waals surface area contributed by atoms with Crippen LogP contribution in [-0.4, -0.2) is 23.4 Å². The molecule has 27 heavy (non-hydrogen) atoms. The van der Waals surface area contributed by atoms with E-state index in [0.717, 1.165) is 11.1 Å². The third kappa shape index (κ3) is 5.13. The van der Waals surface area contributed by atoms with Crippen LogP contribution in [0.1, 0.15) is 46.4 Å². The molecule has 0 aliphatic carbocycles. The SMILES string of the molecule is CC[C@@H](NC(=O)COC(=O)c1cccc(C)c1[N+](=O)[O-])c1ccc(C)cc1. The number of amides is 1. The van der Waals surface area contributed by atoms with Crippen molar-refractivity contribution in [3.63, 3.8) is 0 Å². The molecule has 0 saturated carbocycles. The zero-order valence-electron chi connectivity index (χ0n) is 15.5. The summed E-state index contributed by atoms with van der Waals surface area (Å²) in [5.41, 5.74) is 1.95. The second-order valence-electron chi connectivity index (χ2n) is 6.24. The smallest absolute Gasteiger partial charge is 0.345 e. The van der Waals surface area contributed by atoms with Crippen LogP contribution in [0.2, 0.25) is 0 Å². The predicted molar refractivity (Wildman–Crippen MR) is 100 cm³/mol. The van der Waals surface area contributed by atoms with Crippen LogP contribution in [0.15, 0.2) is 42.5 Å². The van der Waals surface area contributed by atoms with Gasteiger partial charge in [0.05, 0.1) is 11.0 Å². The maximum Gasteiger partial charge on any atom is 0.345 e. The lowest BCUT2D eigenvalue weighted by atomic mass is 10.0. The highest BCUT2D eigenvalue weighted by Crippen LogP contribution is 2.23. The van der Waals surface area contributed by atoms with Crippen molar-refractivity contribution in [2.45, 2.75) is 33.2 Å². The standard InChI is InChI=1S/C20H22N2O5/c1-4-17(15-10-8-13(2)9-11-15)21-18(23)12-27-20(24)16-7-5-6-14(3)19(16)22(25)26/h5-11,17H,4,12H2,1-3H3,(H,21,23)/t17-/m1/s1. The average molecular weight is 370 g/mol. The first-order valence-corrected chi connectivity index (χ1v) is 8.60. The van der Waals surface area contributed by atoms with Crippen molar-refractivity contribution in [2.24, 2.45) is 0 Å². The number of hydrogen-bond donors (Lipinski definition) is 1. The van der Waals surface area contributed by atoms with Gasteiger partial charge in [-0.25, -0.2) is 4.79 Å². The first-order valence-electron chi connectivity index (χ1n) is 8.60. The summed E-state index contributed by atoms with van der Waals surface area (Å²) in [6.45, 7) is 4.95. The topological polar surface area (TPSA) is 98.5 Å². The fraction of sp³-hybridized carbons (Fsp3) is 0.300.